The van der Waals surface area contributed by atoms with Gasteiger partial charge in [0.15, 0.2) is 0 Å². The Bertz CT molecular complexity index is 431. The highest BCUT2D eigenvalue weighted by Crippen LogP contribution is 2.18. The Labute approximate surface area is 129 Å². The van der Waals surface area contributed by atoms with Crippen molar-refractivity contribution in [2.75, 3.05) is 6.54 Å². The molecular weight excluding hydrogens is 328 g/mol. The van der Waals surface area contributed by atoms with Gasteiger partial charge in [-0.3, -0.25) is 4.79 Å². The van der Waals surface area contributed by atoms with Gasteiger partial charge in [0.2, 0.25) is 0 Å². The fourth-order valence-electron chi connectivity index (χ4n) is 1.63. The van der Waals surface area contributed by atoms with Gasteiger partial charge in [-0.25, -0.2) is 0 Å². The first-order chi connectivity index (χ1) is 8.28. The molecule has 0 heterocycles. The lowest BCUT2D eigenvalue weighted by Gasteiger charge is -2.33. The van der Waals surface area contributed by atoms with E-state index < -0.39 is 0 Å². The molecule has 0 aromatic heterocycles. The molecule has 1 rings (SSSR count). The van der Waals surface area contributed by atoms with Crippen molar-refractivity contribution in [1.29, 1.82) is 0 Å². The third-order valence-electron chi connectivity index (χ3n) is 3.40. The Balaban J connectivity index is 0.00000324. The van der Waals surface area contributed by atoms with Crippen molar-refractivity contribution in [2.24, 2.45) is 11.7 Å². The number of aryl methyl sites for hydroxylation is 1. The van der Waals surface area contributed by atoms with Crippen LogP contribution in [0.2, 0.25) is 0 Å². The highest BCUT2D eigenvalue weighted by molar-refractivity contribution is 9.10. The van der Waals surface area contributed by atoms with Gasteiger partial charge in [0.05, 0.1) is 5.54 Å². The molecule has 1 aromatic carbocycles. The molecule has 5 heteroatoms. The summed E-state index contributed by atoms with van der Waals surface area (Å²) in [6.45, 7) is 8.47. The van der Waals surface area contributed by atoms with Crippen molar-refractivity contribution in [1.82, 2.24) is 5.32 Å². The molecular formula is C14H22BrClN2O. The van der Waals surface area contributed by atoms with Gasteiger partial charge in [0, 0.05) is 16.6 Å². The topological polar surface area (TPSA) is 55.1 Å². The second-order valence-electron chi connectivity index (χ2n) is 5.25. The normalized spacial score (nSPS) is 13.6. The van der Waals surface area contributed by atoms with Crippen LogP contribution in [0.5, 0.6) is 0 Å². The molecule has 1 atom stereocenters. The van der Waals surface area contributed by atoms with Crippen LogP contribution in [0, 0.1) is 12.8 Å². The molecule has 0 aliphatic heterocycles. The maximum absolute atomic E-state index is 12.2. The van der Waals surface area contributed by atoms with Crippen molar-refractivity contribution < 1.29 is 4.79 Å². The largest absolute Gasteiger partial charge is 0.345 e. The summed E-state index contributed by atoms with van der Waals surface area (Å²) in [5, 5.41) is 3.03. The van der Waals surface area contributed by atoms with E-state index in [-0.39, 0.29) is 29.8 Å². The van der Waals surface area contributed by atoms with E-state index in [1.54, 1.807) is 0 Å². The molecule has 0 aliphatic rings. The van der Waals surface area contributed by atoms with Crippen LogP contribution in [0.4, 0.5) is 0 Å². The number of carbonyl (C=O) groups excluding carboxylic acids is 1. The van der Waals surface area contributed by atoms with Crippen LogP contribution in [0.3, 0.4) is 0 Å². The number of nitrogens with two attached hydrogens (primary N) is 1. The van der Waals surface area contributed by atoms with E-state index in [1.807, 2.05) is 32.0 Å². The summed E-state index contributed by atoms with van der Waals surface area (Å²) < 4.78 is 0.909. The number of amides is 1. The second kappa shape index (κ2) is 7.27. The third kappa shape index (κ3) is 4.79. The predicted molar refractivity (Wildman–Crippen MR) is 85.9 cm³/mol. The van der Waals surface area contributed by atoms with Crippen molar-refractivity contribution in [3.63, 3.8) is 0 Å². The molecule has 1 aromatic rings. The van der Waals surface area contributed by atoms with Gasteiger partial charge in [-0.2, -0.15) is 0 Å². The van der Waals surface area contributed by atoms with Crippen LogP contribution in [0.15, 0.2) is 22.7 Å². The fourth-order valence-corrected chi connectivity index (χ4v) is 2.24. The molecule has 19 heavy (non-hydrogen) atoms. The van der Waals surface area contributed by atoms with Gasteiger partial charge in [-0.05, 0) is 43.5 Å². The van der Waals surface area contributed by atoms with Crippen molar-refractivity contribution in [3.05, 3.63) is 33.8 Å². The molecule has 0 spiro atoms. The van der Waals surface area contributed by atoms with Crippen molar-refractivity contribution in [2.45, 2.75) is 33.2 Å². The maximum Gasteiger partial charge on any atom is 0.251 e. The van der Waals surface area contributed by atoms with E-state index in [9.17, 15) is 4.79 Å². The number of hydrogen-bond acceptors (Lipinski definition) is 2. The highest BCUT2D eigenvalue weighted by Gasteiger charge is 2.28. The maximum atomic E-state index is 12.2. The summed E-state index contributed by atoms with van der Waals surface area (Å²) >= 11 is 3.40. The Kier molecular flexibility index (Phi) is 7.05. The van der Waals surface area contributed by atoms with E-state index >= 15 is 0 Å². The van der Waals surface area contributed by atoms with Crippen LogP contribution >= 0.6 is 28.3 Å². The number of rotatable bonds is 4. The average Bonchev–Trinajstić information content (AvgIpc) is 2.27. The second-order valence-corrected chi connectivity index (χ2v) is 6.16. The van der Waals surface area contributed by atoms with Gasteiger partial charge in [0.1, 0.15) is 0 Å². The monoisotopic (exact) mass is 348 g/mol. The van der Waals surface area contributed by atoms with Gasteiger partial charge >= 0.3 is 0 Å². The zero-order chi connectivity index (χ0) is 13.9. The number of hydrogen-bond donors (Lipinski definition) is 2. The minimum Gasteiger partial charge on any atom is -0.345 e. The smallest absolute Gasteiger partial charge is 0.251 e. The third-order valence-corrected chi connectivity index (χ3v) is 3.86. The molecule has 0 bridgehead atoms. The van der Waals surface area contributed by atoms with Crippen LogP contribution in [0.25, 0.3) is 0 Å². The molecule has 1 amide bonds. The average molecular weight is 350 g/mol. The molecule has 0 saturated heterocycles. The lowest BCUT2D eigenvalue weighted by Crippen LogP contribution is -2.55. The van der Waals surface area contributed by atoms with E-state index in [0.717, 1.165) is 10.0 Å². The summed E-state index contributed by atoms with van der Waals surface area (Å²) in [5.41, 5.74) is 7.09. The fraction of sp³-hybridized carbons (Fsp3) is 0.500. The molecule has 0 radical (unpaired) electrons. The quantitative estimate of drug-likeness (QED) is 0.876. The lowest BCUT2D eigenvalue weighted by molar-refractivity contribution is 0.0883. The minimum absolute atomic E-state index is 0. The number of benzene rings is 1. The molecule has 3 nitrogen and oxygen atoms in total. The van der Waals surface area contributed by atoms with Crippen LogP contribution in [-0.2, 0) is 0 Å². The van der Waals surface area contributed by atoms with E-state index in [0.29, 0.717) is 12.1 Å². The molecule has 0 fully saturated rings. The summed E-state index contributed by atoms with van der Waals surface area (Å²) in [7, 11) is 0. The van der Waals surface area contributed by atoms with E-state index in [2.05, 4.69) is 35.1 Å². The summed E-state index contributed by atoms with van der Waals surface area (Å²) in [4.78, 5) is 12.2. The Morgan fingerprint density at radius 2 is 2.00 bits per heavy atom. The molecule has 1 unspecified atom stereocenters. The Hall–Kier alpha value is -0.580. The summed E-state index contributed by atoms with van der Waals surface area (Å²) in [6.07, 6.45) is 0. The van der Waals surface area contributed by atoms with Crippen LogP contribution < -0.4 is 11.1 Å². The number of carbonyl (C=O) groups is 1. The van der Waals surface area contributed by atoms with Crippen LogP contribution in [-0.4, -0.2) is 18.0 Å². The first-order valence-corrected chi connectivity index (χ1v) is 6.87. The molecule has 3 N–H and O–H groups in total. The van der Waals surface area contributed by atoms with Gasteiger partial charge in [-0.1, -0.05) is 29.8 Å². The minimum atomic E-state index is -0.382. The Morgan fingerprint density at radius 1 is 1.42 bits per heavy atom. The summed E-state index contributed by atoms with van der Waals surface area (Å²) in [6, 6.07) is 5.66. The number of nitrogens with one attached hydrogen (secondary N) is 1. The van der Waals surface area contributed by atoms with Crippen LogP contribution in [0.1, 0.15) is 36.7 Å². The first-order valence-electron chi connectivity index (χ1n) is 6.08. The lowest BCUT2D eigenvalue weighted by atomic mass is 9.88. The van der Waals surface area contributed by atoms with E-state index in [4.69, 9.17) is 5.73 Å². The predicted octanol–water partition coefficient (Wildman–Crippen LogP) is 3.28. The molecule has 0 saturated carbocycles. The van der Waals surface area contributed by atoms with E-state index in [1.165, 1.54) is 0 Å². The van der Waals surface area contributed by atoms with Crippen molar-refractivity contribution >= 4 is 34.2 Å². The molecule has 0 aliphatic carbocycles. The zero-order valence-corrected chi connectivity index (χ0v) is 14.2. The molecule has 108 valence electrons. The standard InChI is InChI=1S/C14H21BrN2O.ClH/c1-9(2)14(4,8-16)17-13(18)11-5-10(3)6-12(15)7-11;/h5-7,9H,8,16H2,1-4H3,(H,17,18);1H. The number of halogens is 2. The summed E-state index contributed by atoms with van der Waals surface area (Å²) in [5.74, 6) is 0.195. The first kappa shape index (κ1) is 18.4. The SMILES string of the molecule is Cc1cc(Br)cc(C(=O)NC(C)(CN)C(C)C)c1.Cl. The van der Waals surface area contributed by atoms with Gasteiger partial charge < -0.3 is 11.1 Å². The van der Waals surface area contributed by atoms with Gasteiger partial charge in [0.25, 0.3) is 5.91 Å². The zero-order valence-electron chi connectivity index (χ0n) is 11.8. The van der Waals surface area contributed by atoms with Crippen molar-refractivity contribution in [3.8, 4) is 0 Å². The van der Waals surface area contributed by atoms with Gasteiger partial charge in [-0.15, -0.1) is 12.4 Å². The highest BCUT2D eigenvalue weighted by atomic mass is 79.9. The Morgan fingerprint density at radius 3 is 2.42 bits per heavy atom.